The number of rotatable bonds is 7. The van der Waals surface area contributed by atoms with Gasteiger partial charge in [-0.3, -0.25) is 0 Å². The van der Waals surface area contributed by atoms with Gasteiger partial charge in [0.1, 0.15) is 5.75 Å². The Morgan fingerprint density at radius 3 is 2.47 bits per heavy atom. The molecule has 2 heteroatoms. The topological polar surface area (TPSA) is 21.3 Å². The molecule has 0 spiro atoms. The molecule has 2 rings (SSSR count). The first-order valence-corrected chi connectivity index (χ1v) is 7.69. The maximum absolute atomic E-state index is 5.73. The van der Waals surface area contributed by atoms with E-state index >= 15 is 0 Å². The molecule has 0 aromatic heterocycles. The Kier molecular flexibility index (Phi) is 5.71. The molecule has 1 fully saturated rings. The van der Waals surface area contributed by atoms with E-state index in [0.717, 1.165) is 31.4 Å². The molecule has 0 heterocycles. The molecule has 0 saturated heterocycles. The van der Waals surface area contributed by atoms with E-state index in [1.165, 1.54) is 31.2 Å². The molecule has 0 radical (unpaired) electrons. The van der Waals surface area contributed by atoms with E-state index < -0.39 is 0 Å². The summed E-state index contributed by atoms with van der Waals surface area (Å²) in [4.78, 5) is 0. The Balaban J connectivity index is 1.71. The Hall–Kier alpha value is -1.02. The second-order valence-corrected chi connectivity index (χ2v) is 6.04. The summed E-state index contributed by atoms with van der Waals surface area (Å²) < 4.78 is 5.73. The lowest BCUT2D eigenvalue weighted by molar-refractivity contribution is 0.289. The van der Waals surface area contributed by atoms with Crippen LogP contribution in [0, 0.1) is 5.92 Å². The minimum absolute atomic E-state index is 0.704. The van der Waals surface area contributed by atoms with Crippen LogP contribution in [0.3, 0.4) is 0 Å². The number of hydrogen-bond acceptors (Lipinski definition) is 2. The van der Waals surface area contributed by atoms with E-state index in [1.807, 2.05) is 0 Å². The van der Waals surface area contributed by atoms with Crippen LogP contribution in [0.5, 0.6) is 5.75 Å². The number of benzene rings is 1. The zero-order valence-electron chi connectivity index (χ0n) is 12.3. The van der Waals surface area contributed by atoms with Gasteiger partial charge in [-0.25, -0.2) is 0 Å². The normalized spacial score (nSPS) is 16.2. The minimum Gasteiger partial charge on any atom is -0.494 e. The molecule has 1 aromatic carbocycles. The van der Waals surface area contributed by atoms with Crippen LogP contribution in [-0.2, 0) is 6.54 Å². The lowest BCUT2D eigenvalue weighted by Gasteiger charge is -2.12. The molecule has 1 saturated carbocycles. The second-order valence-electron chi connectivity index (χ2n) is 6.04. The van der Waals surface area contributed by atoms with Crippen molar-refractivity contribution in [3.05, 3.63) is 29.8 Å². The average molecular weight is 261 g/mol. The molecule has 0 amide bonds. The van der Waals surface area contributed by atoms with Gasteiger partial charge in [0, 0.05) is 12.6 Å². The smallest absolute Gasteiger partial charge is 0.119 e. The highest BCUT2D eigenvalue weighted by molar-refractivity contribution is 5.27. The van der Waals surface area contributed by atoms with E-state index in [4.69, 9.17) is 4.74 Å². The Morgan fingerprint density at radius 2 is 1.84 bits per heavy atom. The van der Waals surface area contributed by atoms with Gasteiger partial charge in [0.2, 0.25) is 0 Å². The van der Waals surface area contributed by atoms with Crippen molar-refractivity contribution in [2.24, 2.45) is 5.92 Å². The van der Waals surface area contributed by atoms with Crippen LogP contribution in [0.15, 0.2) is 24.3 Å². The molecular weight excluding hydrogens is 234 g/mol. The fourth-order valence-electron chi connectivity index (χ4n) is 2.51. The fourth-order valence-corrected chi connectivity index (χ4v) is 2.51. The molecule has 1 aromatic rings. The van der Waals surface area contributed by atoms with Gasteiger partial charge in [-0.15, -0.1) is 0 Å². The standard InChI is InChI=1S/C17H27NO/c1-14(2)11-12-19-17-9-7-15(8-10-17)13-18-16-5-3-4-6-16/h7-10,14,16,18H,3-6,11-13H2,1-2H3. The predicted octanol–water partition coefficient (Wildman–Crippen LogP) is 4.14. The van der Waals surface area contributed by atoms with Gasteiger partial charge in [-0.1, -0.05) is 38.8 Å². The number of nitrogens with one attached hydrogen (secondary N) is 1. The first-order chi connectivity index (χ1) is 9.24. The highest BCUT2D eigenvalue weighted by Gasteiger charge is 2.13. The Bertz CT molecular complexity index is 352. The second kappa shape index (κ2) is 7.54. The highest BCUT2D eigenvalue weighted by Crippen LogP contribution is 2.19. The van der Waals surface area contributed by atoms with E-state index in [1.54, 1.807) is 0 Å². The molecule has 0 aliphatic heterocycles. The van der Waals surface area contributed by atoms with Crippen molar-refractivity contribution < 1.29 is 4.74 Å². The lowest BCUT2D eigenvalue weighted by atomic mass is 10.1. The van der Waals surface area contributed by atoms with E-state index in [0.29, 0.717) is 5.92 Å². The van der Waals surface area contributed by atoms with E-state index in [-0.39, 0.29) is 0 Å². The molecule has 19 heavy (non-hydrogen) atoms. The van der Waals surface area contributed by atoms with Crippen LogP contribution in [-0.4, -0.2) is 12.6 Å². The molecule has 1 aliphatic carbocycles. The quantitative estimate of drug-likeness (QED) is 0.796. The molecule has 2 nitrogen and oxygen atoms in total. The van der Waals surface area contributed by atoms with Crippen LogP contribution in [0.1, 0.15) is 51.5 Å². The summed E-state index contributed by atoms with van der Waals surface area (Å²) in [6, 6.07) is 9.26. The van der Waals surface area contributed by atoms with Crippen molar-refractivity contribution in [2.75, 3.05) is 6.61 Å². The minimum atomic E-state index is 0.704. The molecule has 1 aliphatic rings. The summed E-state index contributed by atoms with van der Waals surface area (Å²) >= 11 is 0. The van der Waals surface area contributed by atoms with Crippen molar-refractivity contribution in [2.45, 2.75) is 58.5 Å². The van der Waals surface area contributed by atoms with Crippen LogP contribution >= 0.6 is 0 Å². The number of hydrogen-bond donors (Lipinski definition) is 1. The van der Waals surface area contributed by atoms with Gasteiger partial charge in [-0.2, -0.15) is 0 Å². The molecule has 106 valence electrons. The van der Waals surface area contributed by atoms with Crippen molar-refractivity contribution in [1.29, 1.82) is 0 Å². The summed E-state index contributed by atoms with van der Waals surface area (Å²) in [5.74, 6) is 1.69. The van der Waals surface area contributed by atoms with Gasteiger partial charge >= 0.3 is 0 Å². The lowest BCUT2D eigenvalue weighted by Crippen LogP contribution is -2.25. The predicted molar refractivity (Wildman–Crippen MR) is 80.5 cm³/mol. The third kappa shape index (κ3) is 5.23. The summed E-state index contributed by atoms with van der Waals surface area (Å²) in [6.07, 6.45) is 6.58. The monoisotopic (exact) mass is 261 g/mol. The summed E-state index contributed by atoms with van der Waals surface area (Å²) in [5, 5.41) is 3.63. The van der Waals surface area contributed by atoms with Crippen molar-refractivity contribution in [3.8, 4) is 5.75 Å². The van der Waals surface area contributed by atoms with E-state index in [9.17, 15) is 0 Å². The van der Waals surface area contributed by atoms with Gasteiger partial charge in [0.05, 0.1) is 6.61 Å². The number of ether oxygens (including phenoxy) is 1. The van der Waals surface area contributed by atoms with Crippen LogP contribution in [0.25, 0.3) is 0 Å². The third-order valence-corrected chi connectivity index (χ3v) is 3.84. The zero-order valence-corrected chi connectivity index (χ0v) is 12.3. The molecular formula is C17H27NO. The zero-order chi connectivity index (χ0) is 13.5. The van der Waals surface area contributed by atoms with Gasteiger partial charge in [0.25, 0.3) is 0 Å². The van der Waals surface area contributed by atoms with Crippen molar-refractivity contribution >= 4 is 0 Å². The summed E-state index contributed by atoms with van der Waals surface area (Å²) in [5.41, 5.74) is 1.35. The average Bonchev–Trinajstić information content (AvgIpc) is 2.90. The molecule has 0 unspecified atom stereocenters. The maximum Gasteiger partial charge on any atom is 0.119 e. The van der Waals surface area contributed by atoms with Crippen LogP contribution in [0.4, 0.5) is 0 Å². The summed E-state index contributed by atoms with van der Waals surface area (Å²) in [6.45, 7) is 6.25. The van der Waals surface area contributed by atoms with Gasteiger partial charge in [-0.05, 0) is 42.9 Å². The SMILES string of the molecule is CC(C)CCOc1ccc(CNC2CCCC2)cc1. The largest absolute Gasteiger partial charge is 0.494 e. The van der Waals surface area contributed by atoms with E-state index in [2.05, 4.69) is 43.4 Å². The van der Waals surface area contributed by atoms with Gasteiger partial charge in [0.15, 0.2) is 0 Å². The first kappa shape index (κ1) is 14.4. The fraction of sp³-hybridized carbons (Fsp3) is 0.647. The van der Waals surface area contributed by atoms with Crippen molar-refractivity contribution in [3.63, 3.8) is 0 Å². The summed E-state index contributed by atoms with van der Waals surface area (Å²) in [7, 11) is 0. The maximum atomic E-state index is 5.73. The molecule has 1 N–H and O–H groups in total. The van der Waals surface area contributed by atoms with Crippen LogP contribution < -0.4 is 10.1 Å². The Morgan fingerprint density at radius 1 is 1.16 bits per heavy atom. The Labute approximate surface area is 117 Å². The highest BCUT2D eigenvalue weighted by atomic mass is 16.5. The first-order valence-electron chi connectivity index (χ1n) is 7.69. The van der Waals surface area contributed by atoms with Crippen LogP contribution in [0.2, 0.25) is 0 Å². The van der Waals surface area contributed by atoms with Gasteiger partial charge < -0.3 is 10.1 Å². The molecule has 0 bridgehead atoms. The molecule has 0 atom stereocenters. The van der Waals surface area contributed by atoms with Crippen molar-refractivity contribution in [1.82, 2.24) is 5.32 Å². The third-order valence-electron chi connectivity index (χ3n) is 3.84.